The van der Waals surface area contributed by atoms with Gasteiger partial charge >= 0.3 is 0 Å². The fourth-order valence-corrected chi connectivity index (χ4v) is 3.57. The quantitative estimate of drug-likeness (QED) is 0.793. The van der Waals surface area contributed by atoms with E-state index in [-0.39, 0.29) is 42.2 Å². The first-order valence-corrected chi connectivity index (χ1v) is 7.92. The van der Waals surface area contributed by atoms with Crippen LogP contribution in [0.4, 0.5) is 0 Å². The van der Waals surface area contributed by atoms with Crippen LogP contribution in [-0.2, 0) is 14.6 Å². The number of amides is 1. The molecular weight excluding hydrogens is 276 g/mol. The molecule has 1 N–H and O–H groups in total. The average Bonchev–Trinajstić information content (AvgIpc) is 2.25. The van der Waals surface area contributed by atoms with E-state index in [2.05, 4.69) is 5.32 Å². The normalized spacial score (nSPS) is 16.5. The van der Waals surface area contributed by atoms with E-state index in [9.17, 15) is 13.2 Å². The van der Waals surface area contributed by atoms with E-state index in [4.69, 9.17) is 0 Å². The number of carbonyl (C=O) groups is 1. The summed E-state index contributed by atoms with van der Waals surface area (Å²) in [6.45, 7) is 6.70. The van der Waals surface area contributed by atoms with Crippen LogP contribution in [0.5, 0.6) is 0 Å². The molecule has 0 bridgehead atoms. The molecule has 0 aromatic rings. The molecule has 7 heteroatoms. The molecule has 0 atom stereocenters. The molecule has 1 heterocycles. The van der Waals surface area contributed by atoms with Gasteiger partial charge in [0.25, 0.3) is 0 Å². The topological polar surface area (TPSA) is 66.5 Å². The summed E-state index contributed by atoms with van der Waals surface area (Å²) in [6, 6.07) is 0. The Labute approximate surface area is 116 Å². The van der Waals surface area contributed by atoms with Crippen molar-refractivity contribution in [2.75, 3.05) is 37.7 Å². The van der Waals surface area contributed by atoms with Crippen LogP contribution < -0.4 is 5.32 Å². The molecular formula is C11H23ClN2O3S. The van der Waals surface area contributed by atoms with Gasteiger partial charge in [-0.05, 0) is 5.92 Å². The van der Waals surface area contributed by atoms with Crippen molar-refractivity contribution in [2.45, 2.75) is 20.3 Å². The fraction of sp³-hybridized carbons (Fsp3) is 0.909. The van der Waals surface area contributed by atoms with E-state index in [0.29, 0.717) is 13.1 Å². The van der Waals surface area contributed by atoms with Crippen LogP contribution in [0.1, 0.15) is 20.3 Å². The molecule has 0 saturated carbocycles. The second-order valence-corrected chi connectivity index (χ2v) is 7.12. The molecule has 1 saturated heterocycles. The third-order valence-corrected chi connectivity index (χ3v) is 4.68. The molecule has 18 heavy (non-hydrogen) atoms. The molecule has 1 amide bonds. The molecule has 1 fully saturated rings. The summed E-state index contributed by atoms with van der Waals surface area (Å²) >= 11 is 0. The van der Waals surface area contributed by atoms with Crippen LogP contribution in [0, 0.1) is 5.92 Å². The second kappa shape index (κ2) is 7.96. The predicted octanol–water partition coefficient (Wildman–Crippen LogP) is 0.301. The van der Waals surface area contributed by atoms with Crippen molar-refractivity contribution in [3.8, 4) is 0 Å². The summed E-state index contributed by atoms with van der Waals surface area (Å²) in [5.41, 5.74) is 0. The van der Waals surface area contributed by atoms with E-state index in [0.717, 1.165) is 13.1 Å². The molecule has 0 aliphatic carbocycles. The van der Waals surface area contributed by atoms with Gasteiger partial charge in [0.15, 0.2) is 9.84 Å². The van der Waals surface area contributed by atoms with Crippen molar-refractivity contribution in [3.05, 3.63) is 0 Å². The van der Waals surface area contributed by atoms with Crippen LogP contribution in [0.15, 0.2) is 0 Å². The standard InChI is InChI=1S/C11H22N2O3S.ClH/c1-10(2)9-17(15,16)8-3-11(14)13-6-4-12-5-7-13;/h10,12H,3-9H2,1-2H3;1H. The van der Waals surface area contributed by atoms with Crippen molar-refractivity contribution in [1.29, 1.82) is 0 Å². The largest absolute Gasteiger partial charge is 0.340 e. The van der Waals surface area contributed by atoms with Crippen molar-refractivity contribution in [1.82, 2.24) is 10.2 Å². The van der Waals surface area contributed by atoms with Gasteiger partial charge < -0.3 is 10.2 Å². The SMILES string of the molecule is CC(C)CS(=O)(=O)CCC(=O)N1CCNCC1.Cl. The first-order chi connectivity index (χ1) is 7.91. The lowest BCUT2D eigenvalue weighted by molar-refractivity contribution is -0.131. The first kappa shape index (κ1) is 17.7. The lowest BCUT2D eigenvalue weighted by Gasteiger charge is -2.27. The van der Waals surface area contributed by atoms with Crippen molar-refractivity contribution >= 4 is 28.2 Å². The minimum absolute atomic E-state index is 0. The van der Waals surface area contributed by atoms with Crippen molar-refractivity contribution in [2.24, 2.45) is 5.92 Å². The highest BCUT2D eigenvalue weighted by molar-refractivity contribution is 7.91. The number of hydrogen-bond acceptors (Lipinski definition) is 4. The number of nitrogens with zero attached hydrogens (tertiary/aromatic N) is 1. The lowest BCUT2D eigenvalue weighted by atomic mass is 10.3. The summed E-state index contributed by atoms with van der Waals surface area (Å²) in [6.07, 6.45) is 0.120. The number of halogens is 1. The zero-order valence-electron chi connectivity index (χ0n) is 11.0. The van der Waals surface area contributed by atoms with Gasteiger partial charge in [0.1, 0.15) is 0 Å². The Balaban J connectivity index is 0.00000289. The van der Waals surface area contributed by atoms with Crippen LogP contribution in [0.2, 0.25) is 0 Å². The van der Waals surface area contributed by atoms with Gasteiger partial charge in [-0.15, -0.1) is 12.4 Å². The summed E-state index contributed by atoms with van der Waals surface area (Å²) in [7, 11) is -3.08. The highest BCUT2D eigenvalue weighted by Crippen LogP contribution is 2.04. The zero-order valence-corrected chi connectivity index (χ0v) is 12.6. The average molecular weight is 299 g/mol. The molecule has 1 aliphatic rings. The van der Waals surface area contributed by atoms with Gasteiger partial charge in [-0.2, -0.15) is 0 Å². The third kappa shape index (κ3) is 6.56. The predicted molar refractivity (Wildman–Crippen MR) is 74.8 cm³/mol. The molecule has 108 valence electrons. The van der Waals surface area contributed by atoms with Gasteiger partial charge in [0, 0.05) is 32.6 Å². The molecule has 5 nitrogen and oxygen atoms in total. The maximum atomic E-state index is 11.8. The van der Waals surface area contributed by atoms with E-state index >= 15 is 0 Å². The highest BCUT2D eigenvalue weighted by atomic mass is 35.5. The summed E-state index contributed by atoms with van der Waals surface area (Å²) in [4.78, 5) is 13.5. The minimum Gasteiger partial charge on any atom is -0.340 e. The number of nitrogens with one attached hydrogen (secondary N) is 1. The van der Waals surface area contributed by atoms with Gasteiger partial charge in [-0.3, -0.25) is 4.79 Å². The Morgan fingerprint density at radius 3 is 2.33 bits per heavy atom. The minimum atomic E-state index is -3.08. The van der Waals surface area contributed by atoms with Gasteiger partial charge in [-0.25, -0.2) is 8.42 Å². The van der Waals surface area contributed by atoms with Crippen LogP contribution in [-0.4, -0.2) is 56.9 Å². The van der Waals surface area contributed by atoms with Gasteiger partial charge in [0.05, 0.1) is 11.5 Å². The fourth-order valence-electron chi connectivity index (χ4n) is 1.91. The molecule has 0 aromatic heterocycles. The molecule has 0 spiro atoms. The summed E-state index contributed by atoms with van der Waals surface area (Å²) in [5.74, 6) is 0.226. The van der Waals surface area contributed by atoms with E-state index in [1.54, 1.807) is 4.90 Å². The Morgan fingerprint density at radius 2 is 1.83 bits per heavy atom. The Morgan fingerprint density at radius 1 is 1.28 bits per heavy atom. The van der Waals surface area contributed by atoms with Crippen LogP contribution in [0.25, 0.3) is 0 Å². The van der Waals surface area contributed by atoms with Gasteiger partial charge in [0.2, 0.25) is 5.91 Å². The maximum Gasteiger partial charge on any atom is 0.223 e. The number of carbonyl (C=O) groups excluding carboxylic acids is 1. The monoisotopic (exact) mass is 298 g/mol. The number of sulfone groups is 1. The number of piperazine rings is 1. The molecule has 1 aliphatic heterocycles. The van der Waals surface area contributed by atoms with Crippen LogP contribution >= 0.6 is 12.4 Å². The smallest absolute Gasteiger partial charge is 0.223 e. The zero-order chi connectivity index (χ0) is 12.9. The third-order valence-electron chi connectivity index (χ3n) is 2.68. The van der Waals surface area contributed by atoms with E-state index < -0.39 is 9.84 Å². The van der Waals surface area contributed by atoms with Crippen molar-refractivity contribution < 1.29 is 13.2 Å². The van der Waals surface area contributed by atoms with E-state index in [1.165, 1.54) is 0 Å². The molecule has 0 radical (unpaired) electrons. The Kier molecular flexibility index (Phi) is 7.82. The number of hydrogen-bond donors (Lipinski definition) is 1. The Hall–Kier alpha value is -0.330. The van der Waals surface area contributed by atoms with E-state index in [1.807, 2.05) is 13.8 Å². The molecule has 0 unspecified atom stereocenters. The van der Waals surface area contributed by atoms with Crippen molar-refractivity contribution in [3.63, 3.8) is 0 Å². The van der Waals surface area contributed by atoms with Crippen LogP contribution in [0.3, 0.4) is 0 Å². The van der Waals surface area contributed by atoms with Gasteiger partial charge in [-0.1, -0.05) is 13.8 Å². The maximum absolute atomic E-state index is 11.8. The molecule has 1 rings (SSSR count). The molecule has 0 aromatic carbocycles. The highest BCUT2D eigenvalue weighted by Gasteiger charge is 2.20. The Bertz CT molecular complexity index is 351. The summed E-state index contributed by atoms with van der Waals surface area (Å²) < 4.78 is 23.3. The summed E-state index contributed by atoms with van der Waals surface area (Å²) in [5, 5.41) is 3.16. The lowest BCUT2D eigenvalue weighted by Crippen LogP contribution is -2.46. The number of rotatable bonds is 5. The second-order valence-electron chi connectivity index (χ2n) is 4.89. The first-order valence-electron chi connectivity index (χ1n) is 6.09.